The van der Waals surface area contributed by atoms with E-state index in [0.717, 1.165) is 30.9 Å². The molecule has 0 aromatic rings. The van der Waals surface area contributed by atoms with E-state index in [0.29, 0.717) is 6.04 Å². The van der Waals surface area contributed by atoms with E-state index in [4.69, 9.17) is 0 Å². The molecule has 0 aromatic heterocycles. The van der Waals surface area contributed by atoms with Crippen molar-refractivity contribution in [2.45, 2.75) is 45.2 Å². The van der Waals surface area contributed by atoms with Crippen molar-refractivity contribution >= 4 is 17.7 Å². The van der Waals surface area contributed by atoms with Crippen molar-refractivity contribution < 1.29 is 9.90 Å². The number of hydrogen-bond donors (Lipinski definition) is 1. The van der Waals surface area contributed by atoms with Gasteiger partial charge in [0.15, 0.2) is 0 Å². The van der Waals surface area contributed by atoms with Gasteiger partial charge in [0, 0.05) is 6.04 Å². The molecule has 1 N–H and O–H groups in total. The molecule has 0 aromatic carbocycles. The fraction of sp³-hybridized carbons (Fsp3) is 0.909. The van der Waals surface area contributed by atoms with Gasteiger partial charge >= 0.3 is 5.97 Å². The lowest BCUT2D eigenvalue weighted by atomic mass is 9.97. The van der Waals surface area contributed by atoms with Gasteiger partial charge in [-0.3, -0.25) is 9.69 Å². The molecule has 0 radical (unpaired) electrons. The number of nitrogens with zero attached hydrogens (tertiary/aromatic N) is 1. The minimum atomic E-state index is -0.735. The van der Waals surface area contributed by atoms with Crippen molar-refractivity contribution in [3.8, 4) is 0 Å². The summed E-state index contributed by atoms with van der Waals surface area (Å²) in [6.07, 6.45) is 2.24. The summed E-state index contributed by atoms with van der Waals surface area (Å²) in [5.41, 5.74) is -0.735. The van der Waals surface area contributed by atoms with Crippen LogP contribution in [-0.4, -0.2) is 45.6 Å². The van der Waals surface area contributed by atoms with Crippen LogP contribution in [0.1, 0.15) is 33.6 Å². The van der Waals surface area contributed by atoms with Crippen LogP contribution < -0.4 is 0 Å². The maximum Gasteiger partial charge on any atom is 0.323 e. The predicted octanol–water partition coefficient (Wildman–Crippen LogP) is 2.07. The second-order valence-corrected chi connectivity index (χ2v) is 5.72. The van der Waals surface area contributed by atoms with Crippen LogP contribution in [0.3, 0.4) is 0 Å². The first-order valence-corrected chi connectivity index (χ1v) is 6.73. The molecule has 0 unspecified atom stereocenters. The first-order valence-electron chi connectivity index (χ1n) is 5.58. The van der Waals surface area contributed by atoms with E-state index in [1.165, 1.54) is 0 Å². The molecule has 4 heteroatoms. The van der Waals surface area contributed by atoms with Crippen LogP contribution in [0.2, 0.25) is 0 Å². The molecule has 0 amide bonds. The summed E-state index contributed by atoms with van der Waals surface area (Å²) in [6.45, 7) is 6.47. The number of likely N-dealkylation sites (N-methyl/N-ethyl adjacent to an activating group) is 1. The Hall–Kier alpha value is -0.220. The molecule has 0 atom stereocenters. The average molecular weight is 231 g/mol. The number of carbonyl (C=O) groups is 1. The Morgan fingerprint density at radius 1 is 1.47 bits per heavy atom. The highest BCUT2D eigenvalue weighted by atomic mass is 32.2. The highest BCUT2D eigenvalue weighted by molar-refractivity contribution is 7.99. The van der Waals surface area contributed by atoms with Crippen molar-refractivity contribution in [3.05, 3.63) is 0 Å². The standard InChI is InChI=1S/C11H21NO2S/c1-4-12(11(2,3)10(13)14)9-5-7-15-8-6-9/h9H,4-8H2,1-3H3,(H,13,14). The van der Waals surface area contributed by atoms with Gasteiger partial charge in [0.2, 0.25) is 0 Å². The van der Waals surface area contributed by atoms with Gasteiger partial charge in [0.25, 0.3) is 0 Å². The molecule has 1 fully saturated rings. The smallest absolute Gasteiger partial charge is 0.323 e. The number of carboxylic acids is 1. The Kier molecular flexibility index (Phi) is 4.46. The molecule has 0 saturated carbocycles. The van der Waals surface area contributed by atoms with Gasteiger partial charge in [-0.1, -0.05) is 6.92 Å². The Balaban J connectivity index is 2.72. The first kappa shape index (κ1) is 12.8. The Bertz CT molecular complexity index is 225. The van der Waals surface area contributed by atoms with Gasteiger partial charge in [-0.05, 0) is 44.7 Å². The summed E-state index contributed by atoms with van der Waals surface area (Å²) in [6, 6.07) is 0.447. The first-order chi connectivity index (χ1) is 7.00. The quantitative estimate of drug-likeness (QED) is 0.804. The Morgan fingerprint density at radius 2 is 2.00 bits per heavy atom. The van der Waals surface area contributed by atoms with Gasteiger partial charge in [-0.2, -0.15) is 11.8 Å². The lowest BCUT2D eigenvalue weighted by molar-refractivity contribution is -0.151. The normalized spacial score (nSPS) is 19.5. The van der Waals surface area contributed by atoms with Crippen LogP contribution in [0.4, 0.5) is 0 Å². The third-order valence-electron chi connectivity index (χ3n) is 3.21. The fourth-order valence-corrected chi connectivity index (χ4v) is 3.31. The zero-order valence-electron chi connectivity index (χ0n) is 9.82. The molecule has 0 bridgehead atoms. The second kappa shape index (κ2) is 5.21. The van der Waals surface area contributed by atoms with Gasteiger partial charge in [0.1, 0.15) is 5.54 Å². The van der Waals surface area contributed by atoms with E-state index in [-0.39, 0.29) is 0 Å². The maximum atomic E-state index is 11.2. The minimum Gasteiger partial charge on any atom is -0.480 e. The highest BCUT2D eigenvalue weighted by Crippen LogP contribution is 2.27. The summed E-state index contributed by atoms with van der Waals surface area (Å²) in [5, 5.41) is 9.23. The number of thioether (sulfide) groups is 1. The third-order valence-corrected chi connectivity index (χ3v) is 4.26. The predicted molar refractivity (Wildman–Crippen MR) is 64.4 cm³/mol. The Labute approximate surface area is 96.2 Å². The van der Waals surface area contributed by atoms with Gasteiger partial charge in [0.05, 0.1) is 0 Å². The zero-order chi connectivity index (χ0) is 11.5. The number of hydrogen-bond acceptors (Lipinski definition) is 3. The van der Waals surface area contributed by atoms with E-state index >= 15 is 0 Å². The molecule has 0 spiro atoms. The average Bonchev–Trinajstić information content (AvgIpc) is 2.19. The SMILES string of the molecule is CCN(C1CCSCC1)C(C)(C)C(=O)O. The van der Waals surface area contributed by atoms with Crippen LogP contribution in [0.5, 0.6) is 0 Å². The van der Waals surface area contributed by atoms with E-state index in [9.17, 15) is 9.90 Å². The molecule has 1 saturated heterocycles. The number of carboxylic acid groups (broad SMARTS) is 1. The molecule has 1 aliphatic heterocycles. The van der Waals surface area contributed by atoms with Crippen LogP contribution in [0.15, 0.2) is 0 Å². The van der Waals surface area contributed by atoms with E-state index in [1.54, 1.807) is 13.8 Å². The van der Waals surface area contributed by atoms with Gasteiger partial charge in [-0.15, -0.1) is 0 Å². The van der Waals surface area contributed by atoms with Crippen LogP contribution >= 0.6 is 11.8 Å². The highest BCUT2D eigenvalue weighted by Gasteiger charge is 2.38. The fourth-order valence-electron chi connectivity index (χ4n) is 2.23. The van der Waals surface area contributed by atoms with Crippen LogP contribution in [0.25, 0.3) is 0 Å². The lowest BCUT2D eigenvalue weighted by Crippen LogP contribution is -2.55. The molecular formula is C11H21NO2S. The van der Waals surface area contributed by atoms with E-state index < -0.39 is 11.5 Å². The van der Waals surface area contributed by atoms with Crippen molar-refractivity contribution in [3.63, 3.8) is 0 Å². The summed E-state index contributed by atoms with van der Waals surface area (Å²) in [5.74, 6) is 1.61. The molecule has 3 nitrogen and oxygen atoms in total. The van der Waals surface area contributed by atoms with Crippen molar-refractivity contribution in [1.29, 1.82) is 0 Å². The summed E-state index contributed by atoms with van der Waals surface area (Å²) < 4.78 is 0. The van der Waals surface area contributed by atoms with Gasteiger partial charge in [-0.25, -0.2) is 0 Å². The summed E-state index contributed by atoms with van der Waals surface area (Å²) >= 11 is 1.97. The molecular weight excluding hydrogens is 210 g/mol. The molecule has 15 heavy (non-hydrogen) atoms. The van der Waals surface area contributed by atoms with Crippen molar-refractivity contribution in [1.82, 2.24) is 4.90 Å². The van der Waals surface area contributed by atoms with Crippen molar-refractivity contribution in [2.24, 2.45) is 0 Å². The summed E-state index contributed by atoms with van der Waals surface area (Å²) in [4.78, 5) is 13.4. The number of rotatable bonds is 4. The minimum absolute atomic E-state index is 0.447. The van der Waals surface area contributed by atoms with Gasteiger partial charge < -0.3 is 5.11 Å². The second-order valence-electron chi connectivity index (χ2n) is 4.49. The maximum absolute atomic E-state index is 11.2. The topological polar surface area (TPSA) is 40.5 Å². The third kappa shape index (κ3) is 2.88. The zero-order valence-corrected chi connectivity index (χ0v) is 10.6. The van der Waals surface area contributed by atoms with E-state index in [2.05, 4.69) is 4.90 Å². The monoisotopic (exact) mass is 231 g/mol. The Morgan fingerprint density at radius 3 is 2.40 bits per heavy atom. The largest absolute Gasteiger partial charge is 0.480 e. The van der Waals surface area contributed by atoms with Crippen molar-refractivity contribution in [2.75, 3.05) is 18.1 Å². The van der Waals surface area contributed by atoms with Crippen LogP contribution in [0, 0.1) is 0 Å². The van der Waals surface area contributed by atoms with E-state index in [1.807, 2.05) is 18.7 Å². The molecule has 88 valence electrons. The van der Waals surface area contributed by atoms with Crippen LogP contribution in [-0.2, 0) is 4.79 Å². The molecule has 1 rings (SSSR count). The number of aliphatic carboxylic acids is 1. The lowest BCUT2D eigenvalue weighted by Gasteiger charge is -2.41. The molecule has 0 aliphatic carbocycles. The summed E-state index contributed by atoms with van der Waals surface area (Å²) in [7, 11) is 0. The molecule has 1 aliphatic rings. The molecule has 1 heterocycles.